The molecule has 0 aromatic carbocycles. The van der Waals surface area contributed by atoms with Crippen molar-refractivity contribution in [3.8, 4) is 0 Å². The summed E-state index contributed by atoms with van der Waals surface area (Å²) in [6.07, 6.45) is 2.17. The van der Waals surface area contributed by atoms with Gasteiger partial charge in [-0.3, -0.25) is 5.32 Å². The van der Waals surface area contributed by atoms with E-state index < -0.39 is 6.10 Å². The lowest BCUT2D eigenvalue weighted by atomic mass is 10.1. The number of hydrogen-bond donors (Lipinski definition) is 3. The van der Waals surface area contributed by atoms with Crippen LogP contribution >= 0.6 is 11.3 Å². The first-order chi connectivity index (χ1) is 9.96. The summed E-state index contributed by atoms with van der Waals surface area (Å²) in [5.74, 6) is 0.796. The molecule has 0 aliphatic rings. The van der Waals surface area contributed by atoms with E-state index in [9.17, 15) is 9.90 Å². The van der Waals surface area contributed by atoms with Crippen LogP contribution in [0, 0.1) is 5.92 Å². The third kappa shape index (κ3) is 6.39. The predicted molar refractivity (Wildman–Crippen MR) is 85.7 cm³/mol. The second-order valence-electron chi connectivity index (χ2n) is 5.58. The van der Waals surface area contributed by atoms with E-state index >= 15 is 0 Å². The van der Waals surface area contributed by atoms with E-state index in [-0.39, 0.29) is 12.6 Å². The van der Waals surface area contributed by atoms with Crippen molar-refractivity contribution >= 4 is 22.5 Å². The van der Waals surface area contributed by atoms with Crippen molar-refractivity contribution in [1.29, 1.82) is 0 Å². The number of hydrogen-bond acceptors (Lipinski definition) is 5. The van der Waals surface area contributed by atoms with Crippen LogP contribution in [-0.4, -0.2) is 34.0 Å². The van der Waals surface area contributed by atoms with Crippen LogP contribution in [0.5, 0.6) is 0 Å². The van der Waals surface area contributed by atoms with Crippen LogP contribution < -0.4 is 10.6 Å². The summed E-state index contributed by atoms with van der Waals surface area (Å²) in [7, 11) is 0. The molecule has 2 amide bonds. The lowest BCUT2D eigenvalue weighted by molar-refractivity contribution is 0.148. The highest BCUT2D eigenvalue weighted by Gasteiger charge is 2.15. The Morgan fingerprint density at radius 1 is 1.29 bits per heavy atom. The van der Waals surface area contributed by atoms with Crippen LogP contribution in [-0.2, 0) is 0 Å². The van der Waals surface area contributed by atoms with Crippen LogP contribution in [0.3, 0.4) is 0 Å². The summed E-state index contributed by atoms with van der Waals surface area (Å²) in [4.78, 5) is 11.7. The normalized spacial score (nSPS) is 12.7. The molecule has 0 saturated heterocycles. The van der Waals surface area contributed by atoms with E-state index in [0.717, 1.165) is 17.8 Å². The van der Waals surface area contributed by atoms with E-state index in [0.29, 0.717) is 23.4 Å². The molecule has 21 heavy (non-hydrogen) atoms. The molecule has 1 atom stereocenters. The number of urea groups is 1. The molecule has 0 spiro atoms. The summed E-state index contributed by atoms with van der Waals surface area (Å²) >= 11 is 1.41. The lowest BCUT2D eigenvalue weighted by Gasteiger charge is -2.13. The van der Waals surface area contributed by atoms with Gasteiger partial charge >= 0.3 is 6.03 Å². The molecule has 0 aliphatic carbocycles. The zero-order valence-corrected chi connectivity index (χ0v) is 14.0. The predicted octanol–water partition coefficient (Wildman–Crippen LogP) is 2.97. The van der Waals surface area contributed by atoms with Gasteiger partial charge in [-0.2, -0.15) is 0 Å². The second-order valence-corrected chi connectivity index (χ2v) is 6.59. The molecule has 7 heteroatoms. The Morgan fingerprint density at radius 2 is 1.95 bits per heavy atom. The smallest absolute Gasteiger partial charge is 0.321 e. The molecule has 1 aromatic rings. The van der Waals surface area contributed by atoms with Crippen LogP contribution in [0.2, 0.25) is 0 Å². The van der Waals surface area contributed by atoms with E-state index in [1.165, 1.54) is 11.3 Å². The Labute approximate surface area is 130 Å². The zero-order chi connectivity index (χ0) is 15.8. The summed E-state index contributed by atoms with van der Waals surface area (Å²) in [6.45, 7) is 8.53. The van der Waals surface area contributed by atoms with E-state index in [2.05, 4.69) is 34.7 Å². The minimum atomic E-state index is -0.523. The fourth-order valence-electron chi connectivity index (χ4n) is 2.07. The van der Waals surface area contributed by atoms with Gasteiger partial charge in [0.2, 0.25) is 5.13 Å². The Morgan fingerprint density at radius 3 is 2.52 bits per heavy atom. The van der Waals surface area contributed by atoms with Gasteiger partial charge in [0.15, 0.2) is 0 Å². The van der Waals surface area contributed by atoms with Crippen molar-refractivity contribution in [2.24, 2.45) is 5.92 Å². The number of aliphatic hydroxyl groups excluding tert-OH is 1. The molecular formula is C14H26N4O2S. The van der Waals surface area contributed by atoms with E-state index in [1.807, 2.05) is 13.8 Å². The van der Waals surface area contributed by atoms with E-state index in [1.54, 1.807) is 0 Å². The van der Waals surface area contributed by atoms with Crippen LogP contribution in [0.1, 0.15) is 57.9 Å². The Kier molecular flexibility index (Phi) is 7.60. The number of nitrogens with one attached hydrogen (secondary N) is 2. The fraction of sp³-hybridized carbons (Fsp3) is 0.786. The second kappa shape index (κ2) is 8.94. The number of carbonyl (C=O) groups is 1. The van der Waals surface area contributed by atoms with Crippen LogP contribution in [0.25, 0.3) is 0 Å². The summed E-state index contributed by atoms with van der Waals surface area (Å²) in [5.41, 5.74) is 0. The Bertz CT molecular complexity index is 432. The van der Waals surface area contributed by atoms with Crippen LogP contribution in [0.4, 0.5) is 9.93 Å². The lowest BCUT2D eigenvalue weighted by Crippen LogP contribution is -2.35. The van der Waals surface area contributed by atoms with E-state index in [4.69, 9.17) is 0 Å². The minimum absolute atomic E-state index is 0.238. The highest BCUT2D eigenvalue weighted by Crippen LogP contribution is 2.27. The molecule has 1 rings (SSSR count). The number of aliphatic hydroxyl groups is 1. The maximum Gasteiger partial charge on any atom is 0.321 e. The van der Waals surface area contributed by atoms with Crippen molar-refractivity contribution in [3.05, 3.63) is 5.01 Å². The van der Waals surface area contributed by atoms with Gasteiger partial charge in [-0.15, -0.1) is 10.2 Å². The molecule has 1 unspecified atom stereocenters. The number of nitrogens with zero attached hydrogens (tertiary/aromatic N) is 2. The number of amides is 2. The maximum atomic E-state index is 11.7. The topological polar surface area (TPSA) is 87.1 Å². The molecule has 0 saturated carbocycles. The van der Waals surface area contributed by atoms with Gasteiger partial charge in [-0.05, 0) is 25.2 Å². The molecule has 0 fully saturated rings. The minimum Gasteiger partial charge on any atom is -0.391 e. The van der Waals surface area contributed by atoms with Gasteiger partial charge in [0.25, 0.3) is 0 Å². The average molecular weight is 314 g/mol. The van der Waals surface area contributed by atoms with Crippen molar-refractivity contribution in [2.45, 2.75) is 59.0 Å². The van der Waals surface area contributed by atoms with Gasteiger partial charge in [-0.25, -0.2) is 4.79 Å². The number of anilines is 1. The van der Waals surface area contributed by atoms with Crippen molar-refractivity contribution in [3.63, 3.8) is 0 Å². The Hall–Kier alpha value is -1.21. The molecule has 3 N–H and O–H groups in total. The number of aromatic nitrogens is 2. The number of carbonyl (C=O) groups excluding carboxylic acids is 1. The highest BCUT2D eigenvalue weighted by molar-refractivity contribution is 7.15. The molecule has 6 nitrogen and oxygen atoms in total. The van der Waals surface area contributed by atoms with Gasteiger partial charge in [-0.1, -0.05) is 39.0 Å². The third-order valence-corrected chi connectivity index (χ3v) is 4.24. The molecule has 0 aliphatic heterocycles. The molecule has 1 aromatic heterocycles. The van der Waals surface area contributed by atoms with Gasteiger partial charge in [0, 0.05) is 12.5 Å². The summed E-state index contributed by atoms with van der Waals surface area (Å²) in [5, 5.41) is 24.6. The molecule has 0 radical (unpaired) electrons. The summed E-state index contributed by atoms with van der Waals surface area (Å²) < 4.78 is 0. The largest absolute Gasteiger partial charge is 0.391 e. The fourth-order valence-corrected chi connectivity index (χ4v) is 3.07. The van der Waals surface area contributed by atoms with Crippen LogP contribution in [0.15, 0.2) is 0 Å². The standard InChI is InChI=1S/C14H26N4O2S/c1-5-10(6-2)12-17-18-14(21-12)16-13(20)15-8-11(19)7-9(3)4/h9-11,19H,5-8H2,1-4H3,(H2,15,16,18,20). The first-order valence-corrected chi connectivity index (χ1v) is 8.34. The SMILES string of the molecule is CCC(CC)c1nnc(NC(=O)NCC(O)CC(C)C)s1. The third-order valence-electron chi connectivity index (χ3n) is 3.24. The van der Waals surface area contributed by atoms with Crippen molar-refractivity contribution in [2.75, 3.05) is 11.9 Å². The average Bonchev–Trinajstić information content (AvgIpc) is 2.85. The summed E-state index contributed by atoms with van der Waals surface area (Å²) in [6, 6.07) is -0.356. The van der Waals surface area contributed by atoms with Gasteiger partial charge < -0.3 is 10.4 Å². The van der Waals surface area contributed by atoms with Crippen molar-refractivity contribution < 1.29 is 9.90 Å². The quantitative estimate of drug-likeness (QED) is 0.688. The zero-order valence-electron chi connectivity index (χ0n) is 13.2. The monoisotopic (exact) mass is 314 g/mol. The van der Waals surface area contributed by atoms with Crippen molar-refractivity contribution in [1.82, 2.24) is 15.5 Å². The first-order valence-electron chi connectivity index (χ1n) is 7.52. The molecule has 120 valence electrons. The molecule has 1 heterocycles. The Balaban J connectivity index is 2.41. The van der Waals surface area contributed by atoms with Gasteiger partial charge in [0.1, 0.15) is 5.01 Å². The first kappa shape index (κ1) is 17.8. The number of rotatable bonds is 8. The maximum absolute atomic E-state index is 11.7. The highest BCUT2D eigenvalue weighted by atomic mass is 32.1. The molecular weight excluding hydrogens is 288 g/mol. The molecule has 0 bridgehead atoms. The van der Waals surface area contributed by atoms with Gasteiger partial charge in [0.05, 0.1) is 6.10 Å².